The van der Waals surface area contributed by atoms with Crippen LogP contribution in [-0.4, -0.2) is 43.4 Å². The number of aryl methyl sites for hydroxylation is 1. The summed E-state index contributed by atoms with van der Waals surface area (Å²) in [4.78, 5) is 28.5. The third-order valence-electron chi connectivity index (χ3n) is 4.58. The van der Waals surface area contributed by atoms with Gasteiger partial charge in [-0.1, -0.05) is 40.2 Å². The van der Waals surface area contributed by atoms with Crippen LogP contribution in [-0.2, 0) is 11.3 Å². The van der Waals surface area contributed by atoms with Crippen molar-refractivity contribution < 1.29 is 14.1 Å². The molecule has 0 radical (unpaired) electrons. The van der Waals surface area contributed by atoms with Crippen LogP contribution >= 0.6 is 11.3 Å². The molecule has 0 fully saturated rings. The van der Waals surface area contributed by atoms with Crippen molar-refractivity contribution >= 4 is 23.0 Å². The fourth-order valence-corrected chi connectivity index (χ4v) is 3.49. The second kappa shape index (κ2) is 9.43. The highest BCUT2D eigenvalue weighted by Gasteiger charge is 2.14. The summed E-state index contributed by atoms with van der Waals surface area (Å²) in [5.41, 5.74) is 3.06. The molecule has 0 unspecified atom stereocenters. The first-order chi connectivity index (χ1) is 15.1. The summed E-state index contributed by atoms with van der Waals surface area (Å²) in [6.07, 6.45) is 1.99. The van der Waals surface area contributed by atoms with Crippen LogP contribution in [0, 0.1) is 6.92 Å². The van der Waals surface area contributed by atoms with Crippen LogP contribution in [0.1, 0.15) is 28.8 Å². The first kappa shape index (κ1) is 20.6. The van der Waals surface area contributed by atoms with E-state index < -0.39 is 0 Å². The predicted molar refractivity (Wildman–Crippen MR) is 114 cm³/mol. The van der Waals surface area contributed by atoms with Crippen molar-refractivity contribution in [3.63, 3.8) is 0 Å². The van der Waals surface area contributed by atoms with E-state index in [1.54, 1.807) is 34.3 Å². The number of carbonyl (C=O) groups is 2. The van der Waals surface area contributed by atoms with Gasteiger partial charge in [0, 0.05) is 35.9 Å². The van der Waals surface area contributed by atoms with Gasteiger partial charge < -0.3 is 9.84 Å². The van der Waals surface area contributed by atoms with Gasteiger partial charge in [0.1, 0.15) is 0 Å². The Hall–Kier alpha value is -3.66. The fraction of sp³-hybridized carbons (Fsp3) is 0.238. The topological polar surface area (TPSA) is 116 Å². The number of ketones is 1. The van der Waals surface area contributed by atoms with Crippen LogP contribution in [0.15, 0.2) is 51.8 Å². The van der Waals surface area contributed by atoms with Crippen LogP contribution in [0.25, 0.3) is 23.0 Å². The average molecular weight is 436 g/mol. The number of Topliss-reactive ketones (excluding diaryl/α,β-unsaturated/α-hetero) is 1. The van der Waals surface area contributed by atoms with Crippen molar-refractivity contribution in [3.05, 3.63) is 58.4 Å². The first-order valence-electron chi connectivity index (χ1n) is 9.72. The molecule has 10 heteroatoms. The van der Waals surface area contributed by atoms with Gasteiger partial charge in [0.2, 0.25) is 11.7 Å². The van der Waals surface area contributed by atoms with Crippen LogP contribution in [0.3, 0.4) is 0 Å². The zero-order valence-electron chi connectivity index (χ0n) is 16.8. The van der Waals surface area contributed by atoms with E-state index in [1.165, 1.54) is 0 Å². The molecule has 9 nitrogen and oxygen atoms in total. The van der Waals surface area contributed by atoms with Crippen molar-refractivity contribution in [2.75, 3.05) is 6.54 Å². The lowest BCUT2D eigenvalue weighted by atomic mass is 10.1. The number of nitrogens with zero attached hydrogens (tertiary/aromatic N) is 5. The van der Waals surface area contributed by atoms with Crippen molar-refractivity contribution in [1.29, 1.82) is 0 Å². The van der Waals surface area contributed by atoms with Crippen LogP contribution in [0.5, 0.6) is 0 Å². The van der Waals surface area contributed by atoms with Crippen LogP contribution in [0.2, 0.25) is 0 Å². The monoisotopic (exact) mass is 436 g/mol. The van der Waals surface area contributed by atoms with Gasteiger partial charge in [-0.2, -0.15) is 16.3 Å². The van der Waals surface area contributed by atoms with E-state index in [0.29, 0.717) is 30.2 Å². The number of amides is 1. The molecule has 3 heterocycles. The Kier molecular flexibility index (Phi) is 6.27. The number of thiophene rings is 1. The summed E-state index contributed by atoms with van der Waals surface area (Å²) in [5, 5.41) is 18.7. The minimum atomic E-state index is -0.182. The number of nitrogens with one attached hydrogen (secondary N) is 1. The van der Waals surface area contributed by atoms with Crippen LogP contribution in [0.4, 0.5) is 0 Å². The molecule has 0 saturated carbocycles. The van der Waals surface area contributed by atoms with E-state index in [9.17, 15) is 9.59 Å². The molecule has 3 aromatic heterocycles. The molecule has 4 aromatic rings. The third kappa shape index (κ3) is 5.28. The summed E-state index contributed by atoms with van der Waals surface area (Å²) in [6, 6.07) is 9.25. The molecule has 1 N–H and O–H groups in total. The lowest BCUT2D eigenvalue weighted by Gasteiger charge is -2.05. The summed E-state index contributed by atoms with van der Waals surface area (Å²) >= 11 is 1.55. The van der Waals surface area contributed by atoms with E-state index in [2.05, 4.69) is 25.8 Å². The predicted octanol–water partition coefficient (Wildman–Crippen LogP) is 3.14. The number of hydrogen-bond donors (Lipinski definition) is 1. The van der Waals surface area contributed by atoms with Crippen molar-refractivity contribution in [2.45, 2.75) is 26.3 Å². The minimum absolute atomic E-state index is 0.0440. The second-order valence-corrected chi connectivity index (χ2v) is 7.72. The molecular weight excluding hydrogens is 416 g/mol. The molecule has 4 rings (SSSR count). The molecule has 1 aromatic carbocycles. The standard InChI is InChI=1S/C21H20N6O3S/c1-14-2-4-15(5-3-14)18(28)6-7-19(29)22-9-10-27-12-17(24-26-27)21-23-20(25-30-21)16-8-11-31-13-16/h2-5,8,11-13H,6-7,9-10H2,1H3,(H,22,29). The summed E-state index contributed by atoms with van der Waals surface area (Å²) in [5.74, 6) is 0.555. The van der Waals surface area contributed by atoms with E-state index in [1.807, 2.05) is 35.9 Å². The highest BCUT2D eigenvalue weighted by atomic mass is 32.1. The second-order valence-electron chi connectivity index (χ2n) is 6.94. The lowest BCUT2D eigenvalue weighted by molar-refractivity contribution is -0.121. The lowest BCUT2D eigenvalue weighted by Crippen LogP contribution is -2.27. The highest BCUT2D eigenvalue weighted by Crippen LogP contribution is 2.22. The molecule has 0 aliphatic carbocycles. The van der Waals surface area contributed by atoms with Gasteiger partial charge in [-0.15, -0.1) is 5.10 Å². The third-order valence-corrected chi connectivity index (χ3v) is 5.26. The minimum Gasteiger partial charge on any atom is -0.354 e. The average Bonchev–Trinajstić information content (AvgIpc) is 3.53. The molecule has 0 aliphatic heterocycles. The van der Waals surface area contributed by atoms with Gasteiger partial charge in [-0.25, -0.2) is 4.68 Å². The van der Waals surface area contributed by atoms with Crippen LogP contribution < -0.4 is 5.32 Å². The van der Waals surface area contributed by atoms with Gasteiger partial charge in [-0.05, 0) is 18.4 Å². The van der Waals surface area contributed by atoms with E-state index >= 15 is 0 Å². The molecular formula is C21H20N6O3S. The van der Waals surface area contributed by atoms with Crippen molar-refractivity contribution in [2.24, 2.45) is 0 Å². The number of hydrogen-bond acceptors (Lipinski definition) is 8. The van der Waals surface area contributed by atoms with Crippen molar-refractivity contribution in [3.8, 4) is 23.0 Å². The van der Waals surface area contributed by atoms with Gasteiger partial charge in [0.25, 0.3) is 5.89 Å². The zero-order valence-corrected chi connectivity index (χ0v) is 17.6. The maximum absolute atomic E-state index is 12.1. The fourth-order valence-electron chi connectivity index (χ4n) is 2.85. The molecule has 0 atom stereocenters. The van der Waals surface area contributed by atoms with Gasteiger partial charge in [0.15, 0.2) is 11.5 Å². The molecule has 0 spiro atoms. The normalized spacial score (nSPS) is 10.9. The highest BCUT2D eigenvalue weighted by molar-refractivity contribution is 7.08. The molecule has 31 heavy (non-hydrogen) atoms. The zero-order chi connectivity index (χ0) is 21.6. The Morgan fingerprint density at radius 2 is 2.00 bits per heavy atom. The number of rotatable bonds is 9. The first-order valence-corrected chi connectivity index (χ1v) is 10.7. The Bertz CT molecular complexity index is 1160. The molecule has 0 bridgehead atoms. The quantitative estimate of drug-likeness (QED) is 0.401. The number of carbonyl (C=O) groups excluding carboxylic acids is 2. The Morgan fingerprint density at radius 3 is 2.77 bits per heavy atom. The maximum Gasteiger partial charge on any atom is 0.280 e. The summed E-state index contributed by atoms with van der Waals surface area (Å²) in [7, 11) is 0. The summed E-state index contributed by atoms with van der Waals surface area (Å²) in [6.45, 7) is 2.75. The largest absolute Gasteiger partial charge is 0.354 e. The van der Waals surface area contributed by atoms with E-state index in [0.717, 1.165) is 11.1 Å². The molecule has 0 aliphatic rings. The van der Waals surface area contributed by atoms with E-state index in [-0.39, 0.29) is 30.4 Å². The van der Waals surface area contributed by atoms with Gasteiger partial charge in [0.05, 0.1) is 12.7 Å². The van der Waals surface area contributed by atoms with E-state index in [4.69, 9.17) is 4.52 Å². The van der Waals surface area contributed by atoms with Crippen molar-refractivity contribution in [1.82, 2.24) is 30.5 Å². The molecule has 1 amide bonds. The number of aromatic nitrogens is 5. The Balaban J connectivity index is 1.22. The summed E-state index contributed by atoms with van der Waals surface area (Å²) < 4.78 is 6.84. The Labute approximate surface area is 182 Å². The van der Waals surface area contributed by atoms with Gasteiger partial charge >= 0.3 is 0 Å². The smallest absolute Gasteiger partial charge is 0.280 e. The Morgan fingerprint density at radius 1 is 1.16 bits per heavy atom. The maximum atomic E-state index is 12.1. The number of benzene rings is 1. The molecule has 0 saturated heterocycles. The van der Waals surface area contributed by atoms with Gasteiger partial charge in [-0.3, -0.25) is 9.59 Å². The molecule has 158 valence electrons. The SMILES string of the molecule is Cc1ccc(C(=O)CCC(=O)NCCn2cc(-c3nc(-c4ccsc4)no3)nn2)cc1.